The smallest absolute Gasteiger partial charge is 0.324 e. The molecule has 1 aromatic carbocycles. The number of carbonyl (C=O) groups is 2. The molecule has 1 saturated heterocycles. The molecule has 3 rings (SSSR count). The minimum absolute atomic E-state index is 0.0739. The number of amides is 3. The quantitative estimate of drug-likeness (QED) is 0.795. The van der Waals surface area contributed by atoms with E-state index in [1.165, 1.54) is 7.05 Å². The van der Waals surface area contributed by atoms with Gasteiger partial charge in [-0.3, -0.25) is 9.69 Å². The van der Waals surface area contributed by atoms with Gasteiger partial charge in [0.2, 0.25) is 0 Å². The number of hydrogen-bond donors (Lipinski definition) is 1. The molecule has 2 unspecified atom stereocenters. The summed E-state index contributed by atoms with van der Waals surface area (Å²) in [6.45, 7) is 0. The van der Waals surface area contributed by atoms with Crippen LogP contribution < -0.4 is 10.1 Å². The average Bonchev–Trinajstić information content (AvgIpc) is 3.07. The van der Waals surface area contributed by atoms with Crippen LogP contribution in [-0.4, -0.2) is 36.5 Å². The highest BCUT2D eigenvalue weighted by Gasteiger charge is 2.66. The largest absolute Gasteiger partial charge is 0.497 e. The lowest BCUT2D eigenvalue weighted by molar-refractivity contribution is -0.127. The Bertz CT molecular complexity index is 526. The van der Waals surface area contributed by atoms with Crippen molar-refractivity contribution in [3.8, 4) is 5.75 Å². The maximum absolute atomic E-state index is 12.0. The minimum Gasteiger partial charge on any atom is -0.497 e. The lowest BCUT2D eigenvalue weighted by atomic mass is 10.1. The van der Waals surface area contributed by atoms with Gasteiger partial charge in [-0.2, -0.15) is 0 Å². The number of nitrogens with zero attached hydrogens (tertiary/aromatic N) is 1. The Morgan fingerprint density at radius 1 is 1.33 bits per heavy atom. The summed E-state index contributed by atoms with van der Waals surface area (Å²) in [5.74, 6) is 0.727. The van der Waals surface area contributed by atoms with Gasteiger partial charge in [0.15, 0.2) is 0 Å². The number of likely N-dealkylation sites (N-methyl/N-ethyl adjacent to an activating group) is 1. The molecule has 1 saturated carbocycles. The normalized spacial score (nSPS) is 29.7. The zero-order chi connectivity index (χ0) is 12.9. The van der Waals surface area contributed by atoms with Gasteiger partial charge in [-0.1, -0.05) is 12.1 Å². The van der Waals surface area contributed by atoms with Crippen LogP contribution in [0.3, 0.4) is 0 Å². The van der Waals surface area contributed by atoms with Crippen molar-refractivity contribution in [1.82, 2.24) is 10.2 Å². The van der Waals surface area contributed by atoms with E-state index in [9.17, 15) is 9.59 Å². The number of imide groups is 1. The maximum Gasteiger partial charge on any atom is 0.324 e. The van der Waals surface area contributed by atoms with Crippen molar-refractivity contribution in [2.24, 2.45) is 0 Å². The predicted molar refractivity (Wildman–Crippen MR) is 64.4 cm³/mol. The van der Waals surface area contributed by atoms with Gasteiger partial charge in [-0.25, -0.2) is 4.79 Å². The van der Waals surface area contributed by atoms with E-state index < -0.39 is 5.54 Å². The van der Waals surface area contributed by atoms with Gasteiger partial charge < -0.3 is 10.1 Å². The molecule has 5 nitrogen and oxygen atoms in total. The van der Waals surface area contributed by atoms with Crippen LogP contribution in [0.5, 0.6) is 5.75 Å². The summed E-state index contributed by atoms with van der Waals surface area (Å²) in [6.07, 6.45) is 0.675. The predicted octanol–water partition coefficient (Wildman–Crippen LogP) is 1.10. The first-order valence-corrected chi connectivity index (χ1v) is 5.83. The second-order valence-corrected chi connectivity index (χ2v) is 4.80. The number of hydrogen-bond acceptors (Lipinski definition) is 3. The molecular formula is C13H14N2O3. The van der Waals surface area contributed by atoms with Crippen molar-refractivity contribution in [3.63, 3.8) is 0 Å². The molecule has 2 aliphatic rings. The highest BCUT2D eigenvalue weighted by atomic mass is 16.5. The second kappa shape index (κ2) is 3.48. The second-order valence-electron chi connectivity index (χ2n) is 4.80. The van der Waals surface area contributed by atoms with Gasteiger partial charge in [-0.05, 0) is 24.1 Å². The van der Waals surface area contributed by atoms with Crippen molar-refractivity contribution in [2.45, 2.75) is 17.9 Å². The monoisotopic (exact) mass is 246 g/mol. The molecule has 3 amide bonds. The molecule has 5 heteroatoms. The van der Waals surface area contributed by atoms with Gasteiger partial charge >= 0.3 is 6.03 Å². The van der Waals surface area contributed by atoms with Crippen molar-refractivity contribution in [2.75, 3.05) is 14.2 Å². The Morgan fingerprint density at radius 3 is 2.50 bits per heavy atom. The van der Waals surface area contributed by atoms with Crippen LogP contribution in [0, 0.1) is 0 Å². The molecule has 1 N–H and O–H groups in total. The highest BCUT2D eigenvalue weighted by molar-refractivity contribution is 6.09. The van der Waals surface area contributed by atoms with E-state index in [2.05, 4.69) is 5.32 Å². The Morgan fingerprint density at radius 2 is 2.00 bits per heavy atom. The van der Waals surface area contributed by atoms with E-state index in [1.54, 1.807) is 7.11 Å². The standard InChI is InChI=1S/C13H14N2O3/c1-15-11(16)13(14-12(15)17)7-10(13)8-3-5-9(18-2)6-4-8/h3-6,10H,7H2,1-2H3,(H,14,17). The Balaban J connectivity index is 1.85. The van der Waals surface area contributed by atoms with Crippen LogP contribution in [0.2, 0.25) is 0 Å². The fraction of sp³-hybridized carbons (Fsp3) is 0.385. The summed E-state index contributed by atoms with van der Waals surface area (Å²) >= 11 is 0. The lowest BCUT2D eigenvalue weighted by Crippen LogP contribution is -2.33. The van der Waals surface area contributed by atoms with Gasteiger partial charge in [-0.15, -0.1) is 0 Å². The number of urea groups is 1. The molecular weight excluding hydrogens is 232 g/mol. The number of methoxy groups -OCH3 is 1. The zero-order valence-electron chi connectivity index (χ0n) is 10.3. The molecule has 0 bridgehead atoms. The first-order valence-electron chi connectivity index (χ1n) is 5.83. The summed E-state index contributed by atoms with van der Waals surface area (Å²) in [4.78, 5) is 24.7. The molecule has 1 aliphatic carbocycles. The fourth-order valence-corrected chi connectivity index (χ4v) is 2.60. The van der Waals surface area contributed by atoms with E-state index in [0.717, 1.165) is 16.2 Å². The van der Waals surface area contributed by atoms with Crippen LogP contribution in [0.1, 0.15) is 17.9 Å². The summed E-state index contributed by atoms with van der Waals surface area (Å²) in [5.41, 5.74) is 0.361. The molecule has 1 heterocycles. The van der Waals surface area contributed by atoms with Crippen molar-refractivity contribution < 1.29 is 14.3 Å². The van der Waals surface area contributed by atoms with Gasteiger partial charge in [0.05, 0.1) is 7.11 Å². The molecule has 94 valence electrons. The number of benzene rings is 1. The van der Waals surface area contributed by atoms with Gasteiger partial charge in [0.25, 0.3) is 5.91 Å². The summed E-state index contributed by atoms with van der Waals surface area (Å²) in [7, 11) is 3.12. The highest BCUT2D eigenvalue weighted by Crippen LogP contribution is 2.54. The number of rotatable bonds is 2. The summed E-state index contributed by atoms with van der Waals surface area (Å²) in [5, 5.41) is 2.79. The van der Waals surface area contributed by atoms with E-state index in [1.807, 2.05) is 24.3 Å². The van der Waals surface area contributed by atoms with Crippen molar-refractivity contribution in [3.05, 3.63) is 29.8 Å². The molecule has 0 aromatic heterocycles. The third-order valence-corrected chi connectivity index (χ3v) is 3.80. The van der Waals surface area contributed by atoms with Crippen molar-refractivity contribution in [1.29, 1.82) is 0 Å². The first kappa shape index (κ1) is 11.1. The minimum atomic E-state index is -0.694. The summed E-state index contributed by atoms with van der Waals surface area (Å²) < 4.78 is 5.10. The zero-order valence-corrected chi connectivity index (χ0v) is 10.3. The molecule has 2 atom stereocenters. The lowest BCUT2D eigenvalue weighted by Gasteiger charge is -2.08. The Kier molecular flexibility index (Phi) is 2.14. The van der Waals surface area contributed by atoms with Crippen LogP contribution in [-0.2, 0) is 4.79 Å². The van der Waals surface area contributed by atoms with Gasteiger partial charge in [0, 0.05) is 13.0 Å². The van der Waals surface area contributed by atoms with E-state index in [0.29, 0.717) is 6.42 Å². The number of carbonyl (C=O) groups excluding carboxylic acids is 2. The number of ether oxygens (including phenoxy) is 1. The van der Waals surface area contributed by atoms with Crippen LogP contribution in [0.4, 0.5) is 4.79 Å². The van der Waals surface area contributed by atoms with Crippen LogP contribution in [0.25, 0.3) is 0 Å². The summed E-state index contributed by atoms with van der Waals surface area (Å²) in [6, 6.07) is 7.31. The van der Waals surface area contributed by atoms with Crippen LogP contribution >= 0.6 is 0 Å². The van der Waals surface area contributed by atoms with Crippen LogP contribution in [0.15, 0.2) is 24.3 Å². The fourth-order valence-electron chi connectivity index (χ4n) is 2.60. The molecule has 1 spiro atoms. The molecule has 1 aromatic rings. The third-order valence-electron chi connectivity index (χ3n) is 3.80. The SMILES string of the molecule is COc1ccc(C2CC23NC(=O)N(C)C3=O)cc1. The molecule has 0 radical (unpaired) electrons. The molecule has 1 aliphatic heterocycles. The topological polar surface area (TPSA) is 58.6 Å². The Labute approximate surface area is 105 Å². The molecule has 18 heavy (non-hydrogen) atoms. The average molecular weight is 246 g/mol. The maximum atomic E-state index is 12.0. The van der Waals surface area contributed by atoms with Crippen molar-refractivity contribution >= 4 is 11.9 Å². The van der Waals surface area contributed by atoms with Gasteiger partial charge in [0.1, 0.15) is 11.3 Å². The third kappa shape index (κ3) is 1.33. The van der Waals surface area contributed by atoms with E-state index >= 15 is 0 Å². The number of nitrogens with one attached hydrogen (secondary N) is 1. The molecule has 2 fully saturated rings. The van der Waals surface area contributed by atoms with E-state index in [4.69, 9.17) is 4.74 Å². The Hall–Kier alpha value is -2.04. The van der Waals surface area contributed by atoms with E-state index in [-0.39, 0.29) is 17.9 Å². The first-order chi connectivity index (χ1) is 8.58.